The molecule has 0 bridgehead atoms. The monoisotopic (exact) mass is 305 g/mol. The Hall–Kier alpha value is -0.210. The van der Waals surface area contributed by atoms with Crippen LogP contribution in [0.15, 0.2) is 5.10 Å². The molecule has 11 heteroatoms. The lowest BCUT2D eigenvalue weighted by Gasteiger charge is -2.30. The van der Waals surface area contributed by atoms with Gasteiger partial charge in [-0.05, 0) is 0 Å². The molecule has 0 atom stereocenters. The SMILES string of the molecule is FC(F)(F)C(F)(F)C1=NNCN1C(Cl)(Cl)Cl. The Morgan fingerprint density at radius 2 is 1.62 bits per heavy atom. The minimum Gasteiger partial charge on any atom is -0.290 e. The van der Waals surface area contributed by atoms with Gasteiger partial charge in [-0.15, -0.1) is 0 Å². The van der Waals surface area contributed by atoms with Gasteiger partial charge in [0.1, 0.15) is 6.67 Å². The normalized spacial score (nSPS) is 18.5. The molecule has 0 aromatic carbocycles. The Bertz CT molecular complexity index is 309. The summed E-state index contributed by atoms with van der Waals surface area (Å²) in [5.41, 5.74) is 1.89. The lowest BCUT2D eigenvalue weighted by atomic mass is 10.3. The van der Waals surface area contributed by atoms with Gasteiger partial charge in [-0.2, -0.15) is 27.1 Å². The van der Waals surface area contributed by atoms with Crippen LogP contribution in [0.4, 0.5) is 22.0 Å². The third-order valence-electron chi connectivity index (χ3n) is 1.61. The smallest absolute Gasteiger partial charge is 0.290 e. The molecule has 0 spiro atoms. The highest BCUT2D eigenvalue weighted by Crippen LogP contribution is 2.42. The molecule has 1 heterocycles. The molecule has 0 aliphatic carbocycles. The molecule has 0 unspecified atom stereocenters. The van der Waals surface area contributed by atoms with Gasteiger partial charge in [-0.1, -0.05) is 34.8 Å². The number of hydrogen-bond acceptors (Lipinski definition) is 3. The molecule has 1 aliphatic heterocycles. The highest BCUT2D eigenvalue weighted by atomic mass is 35.6. The van der Waals surface area contributed by atoms with E-state index in [2.05, 4.69) is 5.10 Å². The molecular weight excluding hydrogens is 303 g/mol. The molecule has 0 radical (unpaired) electrons. The number of nitrogens with zero attached hydrogens (tertiary/aromatic N) is 2. The van der Waals surface area contributed by atoms with Crippen molar-refractivity contribution in [2.45, 2.75) is 16.0 Å². The van der Waals surface area contributed by atoms with Gasteiger partial charge in [0.2, 0.25) is 5.84 Å². The van der Waals surface area contributed by atoms with Gasteiger partial charge in [-0.25, -0.2) is 0 Å². The summed E-state index contributed by atoms with van der Waals surface area (Å²) in [6.45, 7) is -0.558. The molecule has 3 nitrogen and oxygen atoms in total. The van der Waals surface area contributed by atoms with Crippen molar-refractivity contribution in [3.63, 3.8) is 0 Å². The van der Waals surface area contributed by atoms with Gasteiger partial charge in [0.05, 0.1) is 0 Å². The van der Waals surface area contributed by atoms with Gasteiger partial charge in [0.25, 0.3) is 3.92 Å². The minimum absolute atomic E-state index is 0.186. The van der Waals surface area contributed by atoms with Crippen LogP contribution >= 0.6 is 34.8 Å². The lowest BCUT2D eigenvalue weighted by molar-refractivity contribution is -0.252. The van der Waals surface area contributed by atoms with E-state index < -0.39 is 28.5 Å². The minimum atomic E-state index is -5.81. The van der Waals surface area contributed by atoms with Gasteiger partial charge < -0.3 is 0 Å². The fourth-order valence-corrected chi connectivity index (χ4v) is 1.31. The van der Waals surface area contributed by atoms with Crippen molar-refractivity contribution < 1.29 is 22.0 Å². The van der Waals surface area contributed by atoms with Crippen molar-refractivity contribution in [2.24, 2.45) is 5.10 Å². The number of hydrazone groups is 1. The molecule has 0 amide bonds. The summed E-state index contributed by atoms with van der Waals surface area (Å²) >= 11 is 15.7. The maximum atomic E-state index is 12.9. The van der Waals surface area contributed by atoms with Crippen molar-refractivity contribution >= 4 is 40.6 Å². The molecule has 0 fully saturated rings. The van der Waals surface area contributed by atoms with Crippen LogP contribution in [0.3, 0.4) is 0 Å². The zero-order valence-electron chi connectivity index (χ0n) is 7.13. The molecule has 0 saturated carbocycles. The maximum Gasteiger partial charge on any atom is 0.461 e. The van der Waals surface area contributed by atoms with Crippen LogP contribution in [0, 0.1) is 0 Å². The quantitative estimate of drug-likeness (QED) is 0.458. The van der Waals surface area contributed by atoms with Gasteiger partial charge in [0.15, 0.2) is 0 Å². The van der Waals surface area contributed by atoms with E-state index in [1.54, 1.807) is 0 Å². The summed E-state index contributed by atoms with van der Waals surface area (Å²) in [5, 5.41) is 2.79. The second-order valence-electron chi connectivity index (χ2n) is 2.72. The van der Waals surface area contributed by atoms with E-state index in [1.807, 2.05) is 5.43 Å². The third kappa shape index (κ3) is 2.38. The van der Waals surface area contributed by atoms with Crippen LogP contribution in [0.2, 0.25) is 0 Å². The zero-order chi connectivity index (χ0) is 12.8. The Balaban J connectivity index is 3.05. The van der Waals surface area contributed by atoms with Gasteiger partial charge in [0, 0.05) is 0 Å². The largest absolute Gasteiger partial charge is 0.461 e. The fraction of sp³-hybridized carbons (Fsp3) is 0.800. The summed E-state index contributed by atoms with van der Waals surface area (Å²) in [6.07, 6.45) is -5.81. The summed E-state index contributed by atoms with van der Waals surface area (Å²) in [5.74, 6) is -6.87. The topological polar surface area (TPSA) is 27.6 Å². The Kier molecular flexibility index (Phi) is 3.39. The summed E-state index contributed by atoms with van der Waals surface area (Å²) in [4.78, 5) is 0.186. The van der Waals surface area contributed by atoms with Gasteiger partial charge in [-0.3, -0.25) is 10.3 Å². The Morgan fingerprint density at radius 1 is 1.12 bits per heavy atom. The predicted molar refractivity (Wildman–Crippen MR) is 48.6 cm³/mol. The van der Waals surface area contributed by atoms with Crippen LogP contribution in [-0.4, -0.2) is 33.4 Å². The van der Waals surface area contributed by atoms with E-state index in [0.29, 0.717) is 0 Å². The lowest BCUT2D eigenvalue weighted by Crippen LogP contribution is -2.53. The second-order valence-corrected chi connectivity index (χ2v) is 4.94. The van der Waals surface area contributed by atoms with Crippen molar-refractivity contribution in [1.82, 2.24) is 10.3 Å². The number of halogens is 8. The van der Waals surface area contributed by atoms with Crippen LogP contribution in [0.1, 0.15) is 0 Å². The molecule has 94 valence electrons. The van der Waals surface area contributed by atoms with Crippen molar-refractivity contribution in [3.8, 4) is 0 Å². The first kappa shape index (κ1) is 13.9. The van der Waals surface area contributed by atoms with E-state index in [9.17, 15) is 22.0 Å². The average molecular weight is 306 g/mol. The number of amidine groups is 1. The Labute approximate surface area is 101 Å². The van der Waals surface area contributed by atoms with E-state index in [0.717, 1.165) is 0 Å². The molecule has 16 heavy (non-hydrogen) atoms. The molecule has 0 saturated heterocycles. The number of rotatable bonds is 1. The first-order valence-electron chi connectivity index (χ1n) is 3.58. The second kappa shape index (κ2) is 3.92. The fourth-order valence-electron chi connectivity index (χ4n) is 0.892. The first-order valence-corrected chi connectivity index (χ1v) is 4.71. The number of alkyl halides is 8. The highest BCUT2D eigenvalue weighted by molar-refractivity contribution is 6.67. The molecule has 1 rings (SSSR count). The predicted octanol–water partition coefficient (Wildman–Crippen LogP) is 2.69. The van der Waals surface area contributed by atoms with E-state index in [1.165, 1.54) is 0 Å². The van der Waals surface area contributed by atoms with Crippen LogP contribution in [0.5, 0.6) is 0 Å². The van der Waals surface area contributed by atoms with Gasteiger partial charge >= 0.3 is 12.1 Å². The molecule has 1 aliphatic rings. The number of nitrogens with one attached hydrogen (secondary N) is 1. The average Bonchev–Trinajstić information content (AvgIpc) is 2.47. The molecular formula is C5H3Cl3F5N3. The molecule has 1 N–H and O–H groups in total. The summed E-state index contributed by atoms with van der Waals surface area (Å²) in [7, 11) is 0. The Morgan fingerprint density at radius 3 is 2.00 bits per heavy atom. The van der Waals surface area contributed by atoms with Crippen molar-refractivity contribution in [3.05, 3.63) is 0 Å². The molecule has 0 aromatic rings. The summed E-state index contributed by atoms with van der Waals surface area (Å²) in [6, 6.07) is 0. The van der Waals surface area contributed by atoms with Crippen LogP contribution in [0.25, 0.3) is 0 Å². The zero-order valence-corrected chi connectivity index (χ0v) is 9.39. The van der Waals surface area contributed by atoms with E-state index in [-0.39, 0.29) is 4.90 Å². The van der Waals surface area contributed by atoms with Crippen LogP contribution in [-0.2, 0) is 0 Å². The third-order valence-corrected chi connectivity index (χ3v) is 2.22. The highest BCUT2D eigenvalue weighted by Gasteiger charge is 2.65. The van der Waals surface area contributed by atoms with Crippen LogP contribution < -0.4 is 5.43 Å². The van der Waals surface area contributed by atoms with Crippen molar-refractivity contribution in [2.75, 3.05) is 6.67 Å². The van der Waals surface area contributed by atoms with E-state index >= 15 is 0 Å². The molecule has 0 aromatic heterocycles. The van der Waals surface area contributed by atoms with E-state index in [4.69, 9.17) is 34.8 Å². The standard InChI is InChI=1S/C5H3Cl3F5N3/c6-5(7,8)16-1-14-15-2(16)3(9,10)4(11,12)13/h14H,1H2. The number of hydrogen-bond donors (Lipinski definition) is 1. The maximum absolute atomic E-state index is 12.9. The summed E-state index contributed by atoms with van der Waals surface area (Å²) < 4.78 is 59.5. The first-order chi connectivity index (χ1) is 6.98. The van der Waals surface area contributed by atoms with Crippen molar-refractivity contribution in [1.29, 1.82) is 0 Å².